The van der Waals surface area contributed by atoms with Gasteiger partial charge in [-0.1, -0.05) is 11.6 Å². The number of aryl methyl sites for hydroxylation is 2. The Morgan fingerprint density at radius 1 is 1.28 bits per heavy atom. The zero-order valence-corrected chi connectivity index (χ0v) is 22.2. The van der Waals surface area contributed by atoms with E-state index in [4.69, 9.17) is 21.1 Å². The zero-order chi connectivity index (χ0) is 26.0. The van der Waals surface area contributed by atoms with Gasteiger partial charge in [0.1, 0.15) is 10.2 Å². The van der Waals surface area contributed by atoms with E-state index in [2.05, 4.69) is 10.4 Å². The number of amides is 1. The lowest BCUT2D eigenvalue weighted by atomic mass is 10.1. The first-order valence-corrected chi connectivity index (χ1v) is 14.5. The highest BCUT2D eigenvalue weighted by molar-refractivity contribution is 7.91. The van der Waals surface area contributed by atoms with Gasteiger partial charge < -0.3 is 14.8 Å². The average Bonchev–Trinajstić information content (AvgIpc) is 3.55. The summed E-state index contributed by atoms with van der Waals surface area (Å²) >= 11 is 7.74. The van der Waals surface area contributed by atoms with Gasteiger partial charge in [-0.05, 0) is 51.2 Å². The summed E-state index contributed by atoms with van der Waals surface area (Å²) in [6.45, 7) is 3.10. The number of carbonyl (C=O) groups is 3. The molecule has 1 aliphatic heterocycles. The predicted octanol–water partition coefficient (Wildman–Crippen LogP) is 3.13. The number of rotatable bonds is 8. The number of thiophene rings is 1. The van der Waals surface area contributed by atoms with Crippen LogP contribution in [0.1, 0.15) is 57.9 Å². The molecule has 1 atom stereocenters. The quantitative estimate of drug-likeness (QED) is 0.388. The Morgan fingerprint density at radius 3 is 2.75 bits per heavy atom. The first-order chi connectivity index (χ1) is 17.1. The van der Waals surface area contributed by atoms with Crippen molar-refractivity contribution in [2.24, 2.45) is 0 Å². The van der Waals surface area contributed by atoms with Crippen molar-refractivity contribution in [3.63, 3.8) is 0 Å². The van der Waals surface area contributed by atoms with Gasteiger partial charge in [0, 0.05) is 16.5 Å². The van der Waals surface area contributed by atoms with Gasteiger partial charge in [0.25, 0.3) is 5.91 Å². The van der Waals surface area contributed by atoms with Gasteiger partial charge in [0.15, 0.2) is 16.4 Å². The third-order valence-corrected chi connectivity index (χ3v) is 9.34. The minimum absolute atomic E-state index is 0.0285. The fourth-order valence-corrected chi connectivity index (χ4v) is 7.70. The highest BCUT2D eigenvalue weighted by Gasteiger charge is 2.32. The molecular formula is C23H26ClN3O7S2. The number of hydrogen-bond acceptors (Lipinski definition) is 9. The van der Waals surface area contributed by atoms with Gasteiger partial charge in [0.2, 0.25) is 0 Å². The molecule has 0 bridgehead atoms. The maximum absolute atomic E-state index is 12.4. The lowest BCUT2D eigenvalue weighted by Gasteiger charge is -2.09. The lowest BCUT2D eigenvalue weighted by molar-refractivity contribution is -0.142. The fourth-order valence-electron chi connectivity index (χ4n) is 4.34. The first kappa shape index (κ1) is 26.4. The monoisotopic (exact) mass is 555 g/mol. The Balaban J connectivity index is 1.36. The van der Waals surface area contributed by atoms with E-state index < -0.39 is 34.3 Å². The third-order valence-electron chi connectivity index (χ3n) is 6.01. The number of nitrogens with zero attached hydrogens (tertiary/aromatic N) is 2. The maximum atomic E-state index is 12.4. The van der Waals surface area contributed by atoms with E-state index >= 15 is 0 Å². The van der Waals surface area contributed by atoms with Crippen molar-refractivity contribution >= 4 is 61.7 Å². The second kappa shape index (κ2) is 10.7. The molecule has 10 nitrogen and oxygen atoms in total. The molecule has 0 spiro atoms. The molecule has 0 saturated carbocycles. The number of sulfone groups is 1. The standard InChI is InChI=1S/C23H26ClN3O7S2/c1-3-33-23(30)20-16-5-4-6-17(16)35-22(20)25-18(28)11-34-19(29)8-7-15-13(2)26-27(21(15)24)14-9-10-36(31,32)12-14/h7-8,14H,3-6,9-12H2,1-2H3,(H,25,28)/b8-7+/t14-/m0/s1. The predicted molar refractivity (Wildman–Crippen MR) is 135 cm³/mol. The fraction of sp³-hybridized carbons (Fsp3) is 0.478. The molecule has 1 fully saturated rings. The minimum atomic E-state index is -3.11. The van der Waals surface area contributed by atoms with Gasteiger partial charge in [-0.25, -0.2) is 22.7 Å². The lowest BCUT2D eigenvalue weighted by Crippen LogP contribution is -2.21. The van der Waals surface area contributed by atoms with E-state index in [1.54, 1.807) is 13.8 Å². The van der Waals surface area contributed by atoms with Crippen molar-refractivity contribution in [3.05, 3.63) is 38.5 Å². The summed E-state index contributed by atoms with van der Waals surface area (Å²) < 4.78 is 35.2. The number of anilines is 1. The van der Waals surface area contributed by atoms with E-state index in [0.29, 0.717) is 28.2 Å². The normalized spacial score (nSPS) is 18.4. The molecular weight excluding hydrogens is 530 g/mol. The molecule has 0 unspecified atom stereocenters. The summed E-state index contributed by atoms with van der Waals surface area (Å²) in [6, 6.07) is -0.350. The first-order valence-electron chi connectivity index (χ1n) is 11.5. The van der Waals surface area contributed by atoms with E-state index in [9.17, 15) is 22.8 Å². The molecule has 1 saturated heterocycles. The molecule has 4 rings (SSSR count). The number of fused-ring (bicyclic) bond motifs is 1. The molecule has 1 aliphatic carbocycles. The van der Waals surface area contributed by atoms with Crippen LogP contribution in [0.5, 0.6) is 0 Å². The van der Waals surface area contributed by atoms with Crippen LogP contribution < -0.4 is 5.32 Å². The molecule has 2 aromatic rings. The largest absolute Gasteiger partial charge is 0.462 e. The van der Waals surface area contributed by atoms with Crippen LogP contribution in [0.15, 0.2) is 6.08 Å². The van der Waals surface area contributed by atoms with Crippen molar-refractivity contribution in [2.45, 2.75) is 45.6 Å². The van der Waals surface area contributed by atoms with E-state index in [1.165, 1.54) is 22.1 Å². The number of carbonyl (C=O) groups excluding carboxylic acids is 3. The summed E-state index contributed by atoms with van der Waals surface area (Å²) in [4.78, 5) is 38.1. The summed E-state index contributed by atoms with van der Waals surface area (Å²) in [5.74, 6) is -1.76. The van der Waals surface area contributed by atoms with Gasteiger partial charge in [-0.2, -0.15) is 5.10 Å². The van der Waals surface area contributed by atoms with Crippen LogP contribution in [-0.2, 0) is 41.7 Å². The van der Waals surface area contributed by atoms with Crippen molar-refractivity contribution in [1.29, 1.82) is 0 Å². The van der Waals surface area contributed by atoms with Crippen LogP contribution in [0, 0.1) is 6.92 Å². The van der Waals surface area contributed by atoms with E-state index in [-0.39, 0.29) is 29.3 Å². The molecule has 0 aromatic carbocycles. The van der Waals surface area contributed by atoms with Crippen LogP contribution >= 0.6 is 22.9 Å². The number of nitrogens with one attached hydrogen (secondary N) is 1. The number of hydrogen-bond donors (Lipinski definition) is 1. The van der Waals surface area contributed by atoms with Crippen LogP contribution in [0.2, 0.25) is 5.15 Å². The minimum Gasteiger partial charge on any atom is -0.462 e. The Labute approximate surface area is 217 Å². The second-order valence-electron chi connectivity index (χ2n) is 8.56. The van der Waals surface area contributed by atoms with Crippen molar-refractivity contribution in [1.82, 2.24) is 9.78 Å². The average molecular weight is 556 g/mol. The van der Waals surface area contributed by atoms with Gasteiger partial charge in [0.05, 0.1) is 35.4 Å². The summed E-state index contributed by atoms with van der Waals surface area (Å²) in [6.07, 6.45) is 5.53. The Hall–Kier alpha value is -2.70. The van der Waals surface area contributed by atoms with Gasteiger partial charge >= 0.3 is 11.9 Å². The Bertz CT molecular complexity index is 1340. The molecule has 194 valence electrons. The van der Waals surface area contributed by atoms with E-state index in [1.807, 2.05) is 0 Å². The van der Waals surface area contributed by atoms with Gasteiger partial charge in [-0.3, -0.25) is 4.79 Å². The molecule has 13 heteroatoms. The number of aromatic nitrogens is 2. The second-order valence-corrected chi connectivity index (χ2v) is 12.3. The molecule has 1 amide bonds. The summed E-state index contributed by atoms with van der Waals surface area (Å²) in [5, 5.41) is 7.62. The highest BCUT2D eigenvalue weighted by Crippen LogP contribution is 2.39. The van der Waals surface area contributed by atoms with Crippen LogP contribution in [-0.4, -0.2) is 60.8 Å². The van der Waals surface area contributed by atoms with Crippen LogP contribution in [0.3, 0.4) is 0 Å². The number of ether oxygens (including phenoxy) is 2. The molecule has 0 radical (unpaired) electrons. The Morgan fingerprint density at radius 2 is 2.06 bits per heavy atom. The highest BCUT2D eigenvalue weighted by atomic mass is 35.5. The van der Waals surface area contributed by atoms with Crippen molar-refractivity contribution in [2.75, 3.05) is 30.0 Å². The Kier molecular flexibility index (Phi) is 7.86. The van der Waals surface area contributed by atoms with Crippen LogP contribution in [0.4, 0.5) is 5.00 Å². The molecule has 3 heterocycles. The molecule has 1 N–H and O–H groups in total. The topological polar surface area (TPSA) is 134 Å². The number of esters is 2. The van der Waals surface area contributed by atoms with Gasteiger partial charge in [-0.15, -0.1) is 11.3 Å². The SMILES string of the molecule is CCOC(=O)c1c(NC(=O)COC(=O)/C=C/c2c(C)nn([C@H]3CCS(=O)(=O)C3)c2Cl)sc2c1CCC2. The summed E-state index contributed by atoms with van der Waals surface area (Å²) in [7, 11) is -3.11. The maximum Gasteiger partial charge on any atom is 0.341 e. The number of halogens is 1. The third kappa shape index (κ3) is 5.65. The molecule has 36 heavy (non-hydrogen) atoms. The van der Waals surface area contributed by atoms with Crippen LogP contribution in [0.25, 0.3) is 6.08 Å². The van der Waals surface area contributed by atoms with E-state index in [0.717, 1.165) is 35.8 Å². The smallest absolute Gasteiger partial charge is 0.341 e. The summed E-state index contributed by atoms with van der Waals surface area (Å²) in [5.41, 5.74) is 2.29. The zero-order valence-electron chi connectivity index (χ0n) is 19.8. The molecule has 2 aromatic heterocycles. The van der Waals surface area contributed by atoms with Crippen molar-refractivity contribution in [3.8, 4) is 0 Å². The molecule has 2 aliphatic rings. The van der Waals surface area contributed by atoms with Crippen molar-refractivity contribution < 1.29 is 32.3 Å².